The number of benzene rings is 16. The van der Waals surface area contributed by atoms with E-state index in [4.69, 9.17) is 17.7 Å². The maximum atomic E-state index is 7.08. The number of fused-ring (bicyclic) bond motifs is 16. The molecule has 2 aliphatic rings. The molecule has 4 aromatic heterocycles. The summed E-state index contributed by atoms with van der Waals surface area (Å²) in [5.74, 6) is 0. The molecule has 0 fully saturated rings. The standard InChI is InChI=1S/C120H105BN2O4/c1-115(2,3)76-59-74(70-34-20-19-21-35-70)58-75(60-76)72-54-57-96-95(62-72)121-94-56-53-73(71-52-55-92(119(13,14)15)93(61-71)120(16,17)18)63-97(94)123(114-90(82-42-32-50-106-110(82)86-38-24-28-46-102(86)126-106)66-78(117(7,8)9)67-91(114)83-43-33-51-107-111(83)87-39-25-29-47-103(87)127-107)99-69-79(118(10,11)12)68-98(112(99)121)122(96)113-88(80-40-30-48-104-108(80)84-36-22-26-44-100(84)124-104)64-77(116(4,5)6)65-89(113)81-41-31-49-105-109(81)85-37-23-27-45-101(85)125-105/h19-69H,1-18H3. The molecule has 0 radical (unpaired) electrons. The Balaban J connectivity index is 0.960. The van der Waals surface area contributed by atoms with Gasteiger partial charge in [-0.15, -0.1) is 0 Å². The van der Waals surface area contributed by atoms with E-state index in [0.29, 0.717) is 0 Å². The highest BCUT2D eigenvalue weighted by atomic mass is 16.3. The molecule has 7 heteroatoms. The van der Waals surface area contributed by atoms with Crippen LogP contribution in [0, 0.1) is 0 Å². The quantitative estimate of drug-likeness (QED) is 0.134. The number of para-hydroxylation sites is 4. The summed E-state index contributed by atoms with van der Waals surface area (Å²) in [5.41, 5.74) is 38.0. The molecule has 0 bridgehead atoms. The Bertz CT molecular complexity index is 7700. The zero-order valence-corrected chi connectivity index (χ0v) is 76.0. The summed E-state index contributed by atoms with van der Waals surface area (Å²) < 4.78 is 28.3. The van der Waals surface area contributed by atoms with Crippen molar-refractivity contribution in [2.45, 2.75) is 157 Å². The predicted molar refractivity (Wildman–Crippen MR) is 540 cm³/mol. The summed E-state index contributed by atoms with van der Waals surface area (Å²) in [5, 5.41) is 8.47. The van der Waals surface area contributed by atoms with Crippen LogP contribution in [0.3, 0.4) is 0 Å². The van der Waals surface area contributed by atoms with Crippen LogP contribution in [0.4, 0.5) is 34.1 Å². The van der Waals surface area contributed by atoms with Gasteiger partial charge in [-0.3, -0.25) is 0 Å². The Morgan fingerprint density at radius 3 is 0.937 bits per heavy atom. The van der Waals surface area contributed by atoms with Crippen LogP contribution in [0.1, 0.15) is 158 Å². The maximum absolute atomic E-state index is 7.08. The average molecular weight is 1650 g/mol. The van der Waals surface area contributed by atoms with Gasteiger partial charge in [-0.05, 0) is 241 Å². The van der Waals surface area contributed by atoms with Crippen LogP contribution in [-0.2, 0) is 32.5 Å². The zero-order valence-electron chi connectivity index (χ0n) is 76.0. The lowest BCUT2D eigenvalue weighted by Gasteiger charge is -2.47. The van der Waals surface area contributed by atoms with Gasteiger partial charge in [-0.2, -0.15) is 0 Å². The Hall–Kier alpha value is -13.6. The highest BCUT2D eigenvalue weighted by molar-refractivity contribution is 7.00. The number of hydrogen-bond donors (Lipinski definition) is 0. The van der Waals surface area contributed by atoms with Crippen molar-refractivity contribution < 1.29 is 17.7 Å². The SMILES string of the molecule is CC(C)(C)c1cc(-c2ccccc2)cc(-c2ccc3c(c2)B2c4ccc(-c5ccc(C(C)(C)C)c(C(C)(C)C)c5)cc4N(c4c(-c5cccc6oc7ccccc7c56)cc(C(C)(C)C)cc4-c4cccc5oc6ccccc6c45)c4cc(C(C)(C)C)cc(c42)N3c2c(-c3cccc4oc5ccccc5c34)cc(C(C)(C)C)cc2-c2cccc3oc4ccccc4c23)c1. The van der Waals surface area contributed by atoms with Crippen LogP contribution < -0.4 is 26.2 Å². The summed E-state index contributed by atoms with van der Waals surface area (Å²) in [4.78, 5) is 5.51. The van der Waals surface area contributed by atoms with Crippen LogP contribution in [0.5, 0.6) is 0 Å². The molecule has 0 atom stereocenters. The molecular formula is C120H105BN2O4. The number of furan rings is 4. The van der Waals surface area contributed by atoms with Crippen molar-refractivity contribution in [2.24, 2.45) is 0 Å². The second-order valence-corrected chi connectivity index (χ2v) is 42.0. The molecule has 0 spiro atoms. The van der Waals surface area contributed by atoms with Crippen LogP contribution in [-0.4, -0.2) is 6.71 Å². The lowest BCUT2D eigenvalue weighted by atomic mass is 9.33. The van der Waals surface area contributed by atoms with Gasteiger partial charge >= 0.3 is 0 Å². The van der Waals surface area contributed by atoms with Gasteiger partial charge < -0.3 is 27.5 Å². The maximum Gasteiger partial charge on any atom is 0.252 e. The first-order valence-electron chi connectivity index (χ1n) is 45.2. The lowest BCUT2D eigenvalue weighted by Crippen LogP contribution is -2.61. The fraction of sp³-hybridized carbons (Fsp3) is 0.200. The van der Waals surface area contributed by atoms with Crippen molar-refractivity contribution in [3.63, 3.8) is 0 Å². The Kier molecular flexibility index (Phi) is 17.8. The van der Waals surface area contributed by atoms with E-state index >= 15 is 0 Å². The second-order valence-electron chi connectivity index (χ2n) is 42.0. The third kappa shape index (κ3) is 12.9. The van der Waals surface area contributed by atoms with E-state index in [1.807, 2.05) is 0 Å². The summed E-state index contributed by atoms with van der Waals surface area (Å²) >= 11 is 0. The molecule has 0 unspecified atom stereocenters. The molecule has 16 aromatic carbocycles. The molecule has 6 heterocycles. The molecule has 127 heavy (non-hydrogen) atoms. The fourth-order valence-electron chi connectivity index (χ4n) is 20.7. The van der Waals surface area contributed by atoms with Crippen LogP contribution in [0.25, 0.3) is 166 Å². The van der Waals surface area contributed by atoms with E-state index in [1.54, 1.807) is 0 Å². The van der Waals surface area contributed by atoms with Crippen LogP contribution in [0.15, 0.2) is 327 Å². The van der Waals surface area contributed by atoms with Gasteiger partial charge in [-0.1, -0.05) is 331 Å². The number of rotatable bonds is 9. The highest BCUT2D eigenvalue weighted by Crippen LogP contribution is 2.59. The number of hydrogen-bond acceptors (Lipinski definition) is 6. The van der Waals surface area contributed by atoms with Gasteiger partial charge in [0, 0.05) is 88.1 Å². The highest BCUT2D eigenvalue weighted by Gasteiger charge is 2.48. The van der Waals surface area contributed by atoms with Crippen molar-refractivity contribution in [3.8, 4) is 77.9 Å². The van der Waals surface area contributed by atoms with Gasteiger partial charge in [-0.25, -0.2) is 0 Å². The Morgan fingerprint density at radius 2 is 0.535 bits per heavy atom. The van der Waals surface area contributed by atoms with Crippen molar-refractivity contribution in [1.29, 1.82) is 0 Å². The molecule has 0 N–H and O–H groups in total. The van der Waals surface area contributed by atoms with Gasteiger partial charge in [0.1, 0.15) is 44.7 Å². The third-order valence-corrected chi connectivity index (χ3v) is 27.3. The molecular weight excluding hydrogens is 1540 g/mol. The topological polar surface area (TPSA) is 59.0 Å². The minimum atomic E-state index is -0.452. The van der Waals surface area contributed by atoms with E-state index in [9.17, 15) is 0 Å². The van der Waals surface area contributed by atoms with E-state index < -0.39 is 5.41 Å². The predicted octanol–water partition coefficient (Wildman–Crippen LogP) is 32.8. The van der Waals surface area contributed by atoms with Crippen LogP contribution >= 0.6 is 0 Å². The fourth-order valence-corrected chi connectivity index (χ4v) is 20.7. The minimum absolute atomic E-state index is 0.116. The molecule has 0 saturated heterocycles. The molecule has 622 valence electrons. The van der Waals surface area contributed by atoms with E-state index in [2.05, 4.69) is 444 Å². The third-order valence-electron chi connectivity index (χ3n) is 27.3. The first kappa shape index (κ1) is 79.3. The molecule has 0 saturated carbocycles. The van der Waals surface area contributed by atoms with Gasteiger partial charge in [0.05, 0.1) is 11.4 Å². The number of nitrogens with zero attached hydrogens (tertiary/aromatic N) is 2. The molecule has 22 rings (SSSR count). The van der Waals surface area contributed by atoms with Crippen molar-refractivity contribution in [3.05, 3.63) is 343 Å². The van der Waals surface area contributed by atoms with Crippen molar-refractivity contribution in [1.82, 2.24) is 0 Å². The molecule has 2 aliphatic heterocycles. The van der Waals surface area contributed by atoms with E-state index in [-0.39, 0.29) is 33.8 Å². The molecule has 0 aliphatic carbocycles. The monoisotopic (exact) mass is 1650 g/mol. The Morgan fingerprint density at radius 1 is 0.205 bits per heavy atom. The first-order chi connectivity index (χ1) is 60.8. The number of anilines is 6. The normalized spacial score (nSPS) is 13.4. The van der Waals surface area contributed by atoms with Gasteiger partial charge in [0.25, 0.3) is 6.71 Å². The minimum Gasteiger partial charge on any atom is -0.456 e. The second kappa shape index (κ2) is 28.4. The summed E-state index contributed by atoms with van der Waals surface area (Å²) in [6, 6.07) is 117. The average Bonchev–Trinajstić information content (AvgIpc) is 1.02. The van der Waals surface area contributed by atoms with Crippen molar-refractivity contribution >= 4 is 145 Å². The van der Waals surface area contributed by atoms with E-state index in [0.717, 1.165) is 189 Å². The lowest BCUT2D eigenvalue weighted by molar-refractivity contribution is 0.530. The summed E-state index contributed by atoms with van der Waals surface area (Å²) in [7, 11) is 0. The van der Waals surface area contributed by atoms with Crippen molar-refractivity contribution in [2.75, 3.05) is 9.80 Å². The van der Waals surface area contributed by atoms with Gasteiger partial charge in [0.2, 0.25) is 0 Å². The van der Waals surface area contributed by atoms with Crippen LogP contribution in [0.2, 0.25) is 0 Å². The molecule has 0 amide bonds. The Labute approximate surface area is 745 Å². The summed E-state index contributed by atoms with van der Waals surface area (Å²) in [6.07, 6.45) is 0. The smallest absolute Gasteiger partial charge is 0.252 e. The first-order valence-corrected chi connectivity index (χ1v) is 45.2. The molecule has 20 aromatic rings. The van der Waals surface area contributed by atoms with Gasteiger partial charge in [0.15, 0.2) is 0 Å². The largest absolute Gasteiger partial charge is 0.456 e. The molecule has 6 nitrogen and oxygen atoms in total. The summed E-state index contributed by atoms with van der Waals surface area (Å²) in [6.45, 7) is 42.3. The van der Waals surface area contributed by atoms with E-state index in [1.165, 1.54) is 60.9 Å². The zero-order chi connectivity index (χ0) is 87.6.